The zero-order valence-corrected chi connectivity index (χ0v) is 16.9. The summed E-state index contributed by atoms with van der Waals surface area (Å²) >= 11 is 0. The molecule has 0 radical (unpaired) electrons. The Labute approximate surface area is 173 Å². The minimum Gasteiger partial charge on any atom is -0.356 e. The number of rotatable bonds is 4. The van der Waals surface area contributed by atoms with Crippen molar-refractivity contribution in [3.05, 3.63) is 57.8 Å². The predicted molar refractivity (Wildman–Crippen MR) is 111 cm³/mol. The second-order valence-corrected chi connectivity index (χ2v) is 8.01. The van der Waals surface area contributed by atoms with Crippen LogP contribution in [0.3, 0.4) is 0 Å². The molecule has 9 nitrogen and oxygen atoms in total. The molecule has 0 N–H and O–H groups in total. The lowest BCUT2D eigenvalue weighted by molar-refractivity contribution is -0.384. The molecule has 1 fully saturated rings. The van der Waals surface area contributed by atoms with Crippen molar-refractivity contribution in [2.24, 2.45) is 0 Å². The first-order valence-corrected chi connectivity index (χ1v) is 10.4. The molecule has 0 bridgehead atoms. The van der Waals surface area contributed by atoms with Crippen molar-refractivity contribution in [1.29, 1.82) is 0 Å². The van der Waals surface area contributed by atoms with Gasteiger partial charge in [0.05, 0.1) is 4.92 Å². The highest BCUT2D eigenvalue weighted by Gasteiger charge is 2.29. The fourth-order valence-electron chi connectivity index (χ4n) is 4.47. The Hall–Kier alpha value is -3.36. The minimum atomic E-state index is -0.396. The van der Waals surface area contributed by atoms with E-state index in [0.717, 1.165) is 68.5 Å². The predicted octanol–water partition coefficient (Wildman–Crippen LogP) is 3.28. The van der Waals surface area contributed by atoms with Gasteiger partial charge in [0, 0.05) is 61.4 Å². The standard InChI is InChI=1S/C21H23N7O2/c1-14-11-19(23-20(22-14)15-5-2-7-17(12-15)28(29)30)26-9-3-6-16(13-26)21-25-24-18-8-4-10-27(18)21/h2,5,7,11-12,16H,3-4,6,8-10,13H2,1H3. The molecule has 0 saturated carbocycles. The zero-order valence-electron chi connectivity index (χ0n) is 16.9. The van der Waals surface area contributed by atoms with Crippen LogP contribution in [0.2, 0.25) is 0 Å². The maximum absolute atomic E-state index is 11.1. The number of anilines is 1. The number of nitro benzene ring substituents is 1. The number of non-ortho nitro benzene ring substituents is 1. The summed E-state index contributed by atoms with van der Waals surface area (Å²) in [5, 5.41) is 20.0. The molecule has 1 unspecified atom stereocenters. The molecule has 0 aliphatic carbocycles. The van der Waals surface area contributed by atoms with Gasteiger partial charge in [-0.3, -0.25) is 10.1 Å². The highest BCUT2D eigenvalue weighted by atomic mass is 16.6. The van der Waals surface area contributed by atoms with E-state index in [4.69, 9.17) is 4.98 Å². The van der Waals surface area contributed by atoms with Gasteiger partial charge in [-0.25, -0.2) is 9.97 Å². The molecule has 4 heterocycles. The van der Waals surface area contributed by atoms with Gasteiger partial charge in [-0.05, 0) is 26.2 Å². The van der Waals surface area contributed by atoms with E-state index in [1.165, 1.54) is 12.1 Å². The largest absolute Gasteiger partial charge is 0.356 e. The smallest absolute Gasteiger partial charge is 0.270 e. The van der Waals surface area contributed by atoms with Crippen LogP contribution in [0.4, 0.5) is 11.5 Å². The third kappa shape index (κ3) is 3.40. The molecule has 2 aromatic heterocycles. The maximum Gasteiger partial charge on any atom is 0.270 e. The summed E-state index contributed by atoms with van der Waals surface area (Å²) < 4.78 is 2.29. The highest BCUT2D eigenvalue weighted by molar-refractivity contribution is 5.61. The monoisotopic (exact) mass is 405 g/mol. The molecule has 154 valence electrons. The fourth-order valence-corrected chi connectivity index (χ4v) is 4.47. The SMILES string of the molecule is Cc1cc(N2CCCC(c3nnc4n3CCC4)C2)nc(-c2cccc([N+](=O)[O-])c2)n1. The fraction of sp³-hybridized carbons (Fsp3) is 0.429. The summed E-state index contributed by atoms with van der Waals surface area (Å²) in [5.41, 5.74) is 1.53. The van der Waals surface area contributed by atoms with Crippen LogP contribution in [0.1, 0.15) is 42.5 Å². The summed E-state index contributed by atoms with van der Waals surface area (Å²) in [7, 11) is 0. The zero-order chi connectivity index (χ0) is 20.7. The minimum absolute atomic E-state index is 0.0397. The molecule has 0 spiro atoms. The number of nitrogens with zero attached hydrogens (tertiary/aromatic N) is 7. The van der Waals surface area contributed by atoms with Crippen LogP contribution < -0.4 is 4.90 Å². The van der Waals surface area contributed by atoms with Gasteiger partial charge in [0.15, 0.2) is 5.82 Å². The molecule has 3 aromatic rings. The van der Waals surface area contributed by atoms with Gasteiger partial charge in [0.25, 0.3) is 5.69 Å². The van der Waals surface area contributed by atoms with E-state index in [1.54, 1.807) is 6.07 Å². The van der Waals surface area contributed by atoms with Crippen LogP contribution in [-0.2, 0) is 13.0 Å². The van der Waals surface area contributed by atoms with Gasteiger partial charge in [-0.15, -0.1) is 10.2 Å². The van der Waals surface area contributed by atoms with Crippen molar-refractivity contribution >= 4 is 11.5 Å². The maximum atomic E-state index is 11.1. The number of aromatic nitrogens is 5. The van der Waals surface area contributed by atoms with E-state index in [0.29, 0.717) is 17.3 Å². The second-order valence-electron chi connectivity index (χ2n) is 8.01. The van der Waals surface area contributed by atoms with Gasteiger partial charge in [-0.2, -0.15) is 0 Å². The number of hydrogen-bond acceptors (Lipinski definition) is 7. The van der Waals surface area contributed by atoms with E-state index in [-0.39, 0.29) is 5.69 Å². The molecule has 5 rings (SSSR count). The Bertz CT molecular complexity index is 1110. The summed E-state index contributed by atoms with van der Waals surface area (Å²) in [6.45, 7) is 4.70. The van der Waals surface area contributed by atoms with Crippen molar-refractivity contribution in [3.63, 3.8) is 0 Å². The van der Waals surface area contributed by atoms with Crippen molar-refractivity contribution in [1.82, 2.24) is 24.7 Å². The highest BCUT2D eigenvalue weighted by Crippen LogP contribution is 2.31. The van der Waals surface area contributed by atoms with Crippen LogP contribution in [-0.4, -0.2) is 42.7 Å². The normalized spacial score (nSPS) is 18.4. The molecule has 9 heteroatoms. The summed E-state index contributed by atoms with van der Waals surface area (Å²) in [5.74, 6) is 3.90. The Kier molecular flexibility index (Phi) is 4.65. The van der Waals surface area contributed by atoms with E-state index >= 15 is 0 Å². The average Bonchev–Trinajstić information content (AvgIpc) is 3.37. The molecular weight excluding hydrogens is 382 g/mol. The molecule has 30 heavy (non-hydrogen) atoms. The van der Waals surface area contributed by atoms with Crippen molar-refractivity contribution in [2.75, 3.05) is 18.0 Å². The number of nitro groups is 1. The third-order valence-electron chi connectivity index (χ3n) is 5.90. The van der Waals surface area contributed by atoms with Crippen LogP contribution in [0.25, 0.3) is 11.4 Å². The molecular formula is C21H23N7O2. The lowest BCUT2D eigenvalue weighted by atomic mass is 9.97. The number of piperidine rings is 1. The van der Waals surface area contributed by atoms with Crippen molar-refractivity contribution < 1.29 is 4.92 Å². The molecule has 1 atom stereocenters. The second kappa shape index (κ2) is 7.47. The molecule has 1 aromatic carbocycles. The Morgan fingerprint density at radius 1 is 1.13 bits per heavy atom. The Balaban J connectivity index is 1.44. The molecule has 2 aliphatic heterocycles. The van der Waals surface area contributed by atoms with Crippen molar-refractivity contribution in [3.8, 4) is 11.4 Å². The third-order valence-corrected chi connectivity index (χ3v) is 5.90. The van der Waals surface area contributed by atoms with Crippen molar-refractivity contribution in [2.45, 2.75) is 45.1 Å². The van der Waals surface area contributed by atoms with E-state index < -0.39 is 4.92 Å². The van der Waals surface area contributed by atoms with Gasteiger partial charge in [0.1, 0.15) is 17.5 Å². The first-order chi connectivity index (χ1) is 14.6. The summed E-state index contributed by atoms with van der Waals surface area (Å²) in [6, 6.07) is 8.46. The topological polar surface area (TPSA) is 103 Å². The Morgan fingerprint density at radius 3 is 2.90 bits per heavy atom. The Morgan fingerprint density at radius 2 is 2.03 bits per heavy atom. The van der Waals surface area contributed by atoms with Crippen LogP contribution in [0, 0.1) is 17.0 Å². The summed E-state index contributed by atoms with van der Waals surface area (Å²) in [6.07, 6.45) is 4.31. The lowest BCUT2D eigenvalue weighted by Gasteiger charge is -2.33. The summed E-state index contributed by atoms with van der Waals surface area (Å²) in [4.78, 5) is 22.3. The van der Waals surface area contributed by atoms with Gasteiger partial charge in [0.2, 0.25) is 0 Å². The quantitative estimate of drug-likeness (QED) is 0.485. The van der Waals surface area contributed by atoms with Gasteiger partial charge in [-0.1, -0.05) is 12.1 Å². The van der Waals surface area contributed by atoms with Crippen LogP contribution in [0.5, 0.6) is 0 Å². The number of hydrogen-bond donors (Lipinski definition) is 0. The first-order valence-electron chi connectivity index (χ1n) is 10.4. The van der Waals surface area contributed by atoms with Crippen LogP contribution in [0.15, 0.2) is 30.3 Å². The molecule has 2 aliphatic rings. The first kappa shape index (κ1) is 18.7. The van der Waals surface area contributed by atoms with E-state index in [9.17, 15) is 10.1 Å². The van der Waals surface area contributed by atoms with Gasteiger partial charge < -0.3 is 9.47 Å². The van der Waals surface area contributed by atoms with Crippen LogP contribution >= 0.6 is 0 Å². The van der Waals surface area contributed by atoms with E-state index in [2.05, 4.69) is 24.6 Å². The molecule has 0 amide bonds. The lowest BCUT2D eigenvalue weighted by Crippen LogP contribution is -2.36. The molecule has 1 saturated heterocycles. The number of fused-ring (bicyclic) bond motifs is 1. The number of aryl methyl sites for hydroxylation is 2. The van der Waals surface area contributed by atoms with Gasteiger partial charge >= 0.3 is 0 Å². The number of benzene rings is 1. The van der Waals surface area contributed by atoms with E-state index in [1.807, 2.05) is 19.1 Å². The average molecular weight is 405 g/mol.